The molecular formula is C12H12ClN3O3S. The number of aliphatic hydroxyl groups is 1. The molecule has 0 aliphatic heterocycles. The molecular weight excluding hydrogens is 302 g/mol. The number of thioether (sulfide) groups is 1. The number of aromatic nitrogens is 3. The van der Waals surface area contributed by atoms with Crippen LogP contribution in [0.4, 0.5) is 0 Å². The number of aryl methyl sites for hydroxylation is 1. The molecule has 0 aliphatic carbocycles. The molecule has 0 aliphatic rings. The van der Waals surface area contributed by atoms with Gasteiger partial charge in [-0.2, -0.15) is 0 Å². The van der Waals surface area contributed by atoms with E-state index in [1.807, 2.05) is 19.1 Å². The lowest BCUT2D eigenvalue weighted by molar-refractivity contribution is -0.133. The Kier molecular flexibility index (Phi) is 4.64. The minimum absolute atomic E-state index is 0.136. The lowest BCUT2D eigenvalue weighted by Gasteiger charge is -2.10. The topological polar surface area (TPSA) is 88.2 Å². The predicted octanol–water partition coefficient (Wildman–Crippen LogP) is 1.90. The van der Waals surface area contributed by atoms with Crippen LogP contribution in [0, 0.1) is 6.92 Å². The van der Waals surface area contributed by atoms with Gasteiger partial charge < -0.3 is 10.2 Å². The quantitative estimate of drug-likeness (QED) is 0.820. The number of nitrogens with zero attached hydrogens (tertiary/aromatic N) is 3. The van der Waals surface area contributed by atoms with E-state index in [9.17, 15) is 9.90 Å². The largest absolute Gasteiger partial charge is 0.481 e. The number of halogens is 1. The van der Waals surface area contributed by atoms with Crippen molar-refractivity contribution in [2.24, 2.45) is 0 Å². The third-order valence-corrected chi connectivity index (χ3v) is 3.90. The van der Waals surface area contributed by atoms with E-state index in [2.05, 4.69) is 10.2 Å². The molecule has 0 saturated carbocycles. The second-order valence-electron chi connectivity index (χ2n) is 4.01. The van der Waals surface area contributed by atoms with E-state index in [4.69, 9.17) is 16.7 Å². The van der Waals surface area contributed by atoms with Crippen molar-refractivity contribution >= 4 is 29.3 Å². The van der Waals surface area contributed by atoms with Crippen LogP contribution in [0.2, 0.25) is 5.02 Å². The van der Waals surface area contributed by atoms with Gasteiger partial charge in [0.05, 0.1) is 11.4 Å². The minimum Gasteiger partial charge on any atom is -0.481 e. The number of carboxylic acid groups (broad SMARTS) is 1. The zero-order valence-electron chi connectivity index (χ0n) is 10.6. The molecule has 0 fully saturated rings. The summed E-state index contributed by atoms with van der Waals surface area (Å²) >= 11 is 7.12. The SMILES string of the molecule is Cc1ccc(-n2c(CO)nnc2SCC(=O)O)cc1Cl. The summed E-state index contributed by atoms with van der Waals surface area (Å²) in [7, 11) is 0. The maximum Gasteiger partial charge on any atom is 0.313 e. The average molecular weight is 314 g/mol. The third-order valence-electron chi connectivity index (χ3n) is 2.58. The Morgan fingerprint density at radius 1 is 1.45 bits per heavy atom. The lowest BCUT2D eigenvalue weighted by atomic mass is 10.2. The van der Waals surface area contributed by atoms with Gasteiger partial charge in [0, 0.05) is 5.02 Å². The van der Waals surface area contributed by atoms with Crippen molar-refractivity contribution in [2.75, 3.05) is 5.75 Å². The van der Waals surface area contributed by atoms with Crippen LogP contribution in [0.15, 0.2) is 23.4 Å². The van der Waals surface area contributed by atoms with E-state index >= 15 is 0 Å². The van der Waals surface area contributed by atoms with Crippen molar-refractivity contribution in [3.05, 3.63) is 34.6 Å². The molecule has 0 unspecified atom stereocenters. The van der Waals surface area contributed by atoms with Crippen molar-refractivity contribution in [1.82, 2.24) is 14.8 Å². The highest BCUT2D eigenvalue weighted by Gasteiger charge is 2.15. The van der Waals surface area contributed by atoms with E-state index in [1.165, 1.54) is 0 Å². The summed E-state index contributed by atoms with van der Waals surface area (Å²) in [5.41, 5.74) is 1.61. The normalized spacial score (nSPS) is 10.8. The van der Waals surface area contributed by atoms with Crippen molar-refractivity contribution in [1.29, 1.82) is 0 Å². The van der Waals surface area contributed by atoms with Gasteiger partial charge in [0.1, 0.15) is 6.61 Å². The van der Waals surface area contributed by atoms with Gasteiger partial charge in [0.15, 0.2) is 11.0 Å². The number of rotatable bonds is 5. The van der Waals surface area contributed by atoms with Crippen molar-refractivity contribution in [2.45, 2.75) is 18.7 Å². The fraction of sp³-hybridized carbons (Fsp3) is 0.250. The van der Waals surface area contributed by atoms with Crippen LogP contribution in [-0.2, 0) is 11.4 Å². The van der Waals surface area contributed by atoms with Gasteiger partial charge in [-0.1, -0.05) is 29.4 Å². The summed E-state index contributed by atoms with van der Waals surface area (Å²) in [5, 5.41) is 26.8. The molecule has 0 atom stereocenters. The highest BCUT2D eigenvalue weighted by Crippen LogP contribution is 2.25. The summed E-state index contributed by atoms with van der Waals surface area (Å²) < 4.78 is 1.60. The summed E-state index contributed by atoms with van der Waals surface area (Å²) in [6, 6.07) is 5.38. The lowest BCUT2D eigenvalue weighted by Crippen LogP contribution is -2.05. The molecule has 0 bridgehead atoms. The molecule has 2 rings (SSSR count). The molecule has 6 nitrogen and oxygen atoms in total. The summed E-state index contributed by atoms with van der Waals surface area (Å²) in [6.07, 6.45) is 0. The zero-order valence-corrected chi connectivity index (χ0v) is 12.1. The Hall–Kier alpha value is -1.57. The molecule has 0 saturated heterocycles. The average Bonchev–Trinajstić information content (AvgIpc) is 2.82. The second kappa shape index (κ2) is 6.25. The maximum absolute atomic E-state index is 10.6. The fourth-order valence-electron chi connectivity index (χ4n) is 1.60. The van der Waals surface area contributed by atoms with Gasteiger partial charge in [-0.05, 0) is 24.6 Å². The number of hydrogen-bond acceptors (Lipinski definition) is 5. The molecule has 20 heavy (non-hydrogen) atoms. The molecule has 1 aromatic carbocycles. The van der Waals surface area contributed by atoms with Gasteiger partial charge in [-0.3, -0.25) is 9.36 Å². The Labute approximate surface area is 124 Å². The van der Waals surface area contributed by atoms with Gasteiger partial charge in [-0.15, -0.1) is 10.2 Å². The maximum atomic E-state index is 10.6. The summed E-state index contributed by atoms with van der Waals surface area (Å²) in [4.78, 5) is 10.6. The number of carbonyl (C=O) groups is 1. The molecule has 2 N–H and O–H groups in total. The van der Waals surface area contributed by atoms with E-state index in [-0.39, 0.29) is 12.4 Å². The van der Waals surface area contributed by atoms with E-state index in [0.717, 1.165) is 17.3 Å². The molecule has 2 aromatic rings. The van der Waals surface area contributed by atoms with Crippen LogP contribution in [-0.4, -0.2) is 36.7 Å². The number of hydrogen-bond donors (Lipinski definition) is 2. The number of aliphatic hydroxyl groups excluding tert-OH is 1. The Morgan fingerprint density at radius 2 is 2.20 bits per heavy atom. The standard InChI is InChI=1S/C12H12ClN3O3S/c1-7-2-3-8(4-9(7)13)16-10(5-17)14-15-12(16)20-6-11(18)19/h2-4,17H,5-6H2,1H3,(H,18,19). The van der Waals surface area contributed by atoms with Gasteiger partial charge in [-0.25, -0.2) is 0 Å². The monoisotopic (exact) mass is 313 g/mol. The molecule has 106 valence electrons. The van der Waals surface area contributed by atoms with Crippen LogP contribution in [0.3, 0.4) is 0 Å². The zero-order chi connectivity index (χ0) is 14.7. The Balaban J connectivity index is 2.44. The molecule has 0 radical (unpaired) electrons. The van der Waals surface area contributed by atoms with Gasteiger partial charge in [0.25, 0.3) is 0 Å². The van der Waals surface area contributed by atoms with Crippen molar-refractivity contribution in [3.8, 4) is 5.69 Å². The molecule has 0 spiro atoms. The highest BCUT2D eigenvalue weighted by atomic mass is 35.5. The minimum atomic E-state index is -0.947. The summed E-state index contributed by atoms with van der Waals surface area (Å²) in [6.45, 7) is 1.58. The molecule has 8 heteroatoms. The first-order valence-electron chi connectivity index (χ1n) is 5.69. The van der Waals surface area contributed by atoms with Crippen molar-refractivity contribution < 1.29 is 15.0 Å². The first kappa shape index (κ1) is 14.8. The van der Waals surface area contributed by atoms with Crippen LogP contribution in [0.25, 0.3) is 5.69 Å². The molecule has 1 heterocycles. The highest BCUT2D eigenvalue weighted by molar-refractivity contribution is 7.99. The first-order chi connectivity index (χ1) is 9.52. The fourth-order valence-corrected chi connectivity index (χ4v) is 2.47. The predicted molar refractivity (Wildman–Crippen MR) is 75.4 cm³/mol. The van der Waals surface area contributed by atoms with Gasteiger partial charge >= 0.3 is 5.97 Å². The number of benzene rings is 1. The van der Waals surface area contributed by atoms with Crippen LogP contribution in [0.1, 0.15) is 11.4 Å². The van der Waals surface area contributed by atoms with Crippen LogP contribution in [0.5, 0.6) is 0 Å². The van der Waals surface area contributed by atoms with Crippen LogP contribution >= 0.6 is 23.4 Å². The van der Waals surface area contributed by atoms with E-state index < -0.39 is 5.97 Å². The number of carboxylic acids is 1. The first-order valence-corrected chi connectivity index (χ1v) is 7.05. The van der Waals surface area contributed by atoms with Crippen LogP contribution < -0.4 is 0 Å². The Morgan fingerprint density at radius 3 is 2.80 bits per heavy atom. The third kappa shape index (κ3) is 3.12. The molecule has 1 aromatic heterocycles. The second-order valence-corrected chi connectivity index (χ2v) is 5.36. The van der Waals surface area contributed by atoms with E-state index in [0.29, 0.717) is 21.7 Å². The smallest absolute Gasteiger partial charge is 0.313 e. The van der Waals surface area contributed by atoms with Crippen molar-refractivity contribution in [3.63, 3.8) is 0 Å². The number of aliphatic carboxylic acids is 1. The Bertz CT molecular complexity index is 645. The van der Waals surface area contributed by atoms with E-state index in [1.54, 1.807) is 10.6 Å². The summed E-state index contributed by atoms with van der Waals surface area (Å²) in [5.74, 6) is -0.752. The molecule has 0 amide bonds. The van der Waals surface area contributed by atoms with Gasteiger partial charge in [0.2, 0.25) is 0 Å².